The number of aromatic nitrogens is 1. The smallest absolute Gasteiger partial charge is 0.269 e. The van der Waals surface area contributed by atoms with Crippen molar-refractivity contribution in [3.8, 4) is 0 Å². The summed E-state index contributed by atoms with van der Waals surface area (Å²) < 4.78 is 0. The van der Waals surface area contributed by atoms with Crippen LogP contribution in [0.4, 0.5) is 17.1 Å². The number of nitrogens with zero attached hydrogens (tertiary/aromatic N) is 2. The van der Waals surface area contributed by atoms with Gasteiger partial charge in [-0.05, 0) is 43.3 Å². The number of pyridine rings is 1. The predicted molar refractivity (Wildman–Crippen MR) is 99.8 cm³/mol. The molecule has 130 valence electrons. The fourth-order valence-electron chi connectivity index (χ4n) is 2.51. The molecule has 1 heterocycles. The summed E-state index contributed by atoms with van der Waals surface area (Å²) in [4.78, 5) is 27.0. The van der Waals surface area contributed by atoms with Crippen LogP contribution in [0.25, 0.3) is 0 Å². The number of aryl methyl sites for hydroxylation is 1. The maximum absolute atomic E-state index is 12.5. The number of non-ortho nitro benzene ring substituents is 1. The molecule has 0 radical (unpaired) electrons. The van der Waals surface area contributed by atoms with Crippen molar-refractivity contribution in [3.63, 3.8) is 0 Å². The van der Waals surface area contributed by atoms with Gasteiger partial charge in [0.15, 0.2) is 5.78 Å². The van der Waals surface area contributed by atoms with Crippen LogP contribution < -0.4 is 5.32 Å². The van der Waals surface area contributed by atoms with Gasteiger partial charge in [0.05, 0.1) is 22.7 Å². The van der Waals surface area contributed by atoms with Crippen LogP contribution in [0, 0.1) is 17.0 Å². The summed E-state index contributed by atoms with van der Waals surface area (Å²) in [6.07, 6.45) is 1.74. The zero-order valence-electron chi connectivity index (χ0n) is 14.2. The van der Waals surface area contributed by atoms with Gasteiger partial charge in [-0.3, -0.25) is 19.9 Å². The highest BCUT2D eigenvalue weighted by atomic mass is 16.6. The minimum atomic E-state index is -0.489. The Morgan fingerprint density at radius 3 is 2.42 bits per heavy atom. The lowest BCUT2D eigenvalue weighted by atomic mass is 10.0. The van der Waals surface area contributed by atoms with Crippen molar-refractivity contribution in [1.82, 2.24) is 4.98 Å². The maximum atomic E-state index is 12.5. The number of benzene rings is 2. The van der Waals surface area contributed by atoms with Gasteiger partial charge in [-0.15, -0.1) is 0 Å². The van der Waals surface area contributed by atoms with Crippen LogP contribution in [-0.2, 0) is 6.42 Å². The topological polar surface area (TPSA) is 85.1 Å². The summed E-state index contributed by atoms with van der Waals surface area (Å²) in [7, 11) is 0. The van der Waals surface area contributed by atoms with Crippen LogP contribution in [0.2, 0.25) is 0 Å². The van der Waals surface area contributed by atoms with Crippen molar-refractivity contribution in [3.05, 3.63) is 93.8 Å². The molecule has 0 saturated heterocycles. The van der Waals surface area contributed by atoms with Gasteiger partial charge < -0.3 is 5.32 Å². The summed E-state index contributed by atoms with van der Waals surface area (Å²) in [5, 5.41) is 14.0. The molecule has 0 aliphatic carbocycles. The molecule has 1 aromatic heterocycles. The predicted octanol–water partition coefficient (Wildman–Crippen LogP) is 4.47. The van der Waals surface area contributed by atoms with E-state index in [1.165, 1.54) is 24.3 Å². The van der Waals surface area contributed by atoms with Crippen molar-refractivity contribution < 1.29 is 9.72 Å². The number of nitro benzene ring substituents is 1. The minimum absolute atomic E-state index is 0.0406. The first-order chi connectivity index (χ1) is 12.5. The van der Waals surface area contributed by atoms with E-state index < -0.39 is 4.92 Å². The average molecular weight is 347 g/mol. The molecular weight excluding hydrogens is 330 g/mol. The number of ketones is 1. The quantitative estimate of drug-likeness (QED) is 0.404. The summed E-state index contributed by atoms with van der Waals surface area (Å²) in [5.74, 6) is -0.148. The number of hydrogen-bond donors (Lipinski definition) is 1. The second-order valence-corrected chi connectivity index (χ2v) is 5.89. The van der Waals surface area contributed by atoms with E-state index in [1.807, 2.05) is 37.3 Å². The van der Waals surface area contributed by atoms with E-state index in [1.54, 1.807) is 12.3 Å². The van der Waals surface area contributed by atoms with Gasteiger partial charge in [-0.1, -0.05) is 17.7 Å². The van der Waals surface area contributed by atoms with E-state index in [-0.39, 0.29) is 17.9 Å². The lowest BCUT2D eigenvalue weighted by Crippen LogP contribution is -2.07. The Morgan fingerprint density at radius 2 is 1.77 bits per heavy atom. The molecule has 3 aromatic rings. The van der Waals surface area contributed by atoms with Crippen molar-refractivity contribution in [1.29, 1.82) is 0 Å². The maximum Gasteiger partial charge on any atom is 0.269 e. The Kier molecular flexibility index (Phi) is 5.03. The highest BCUT2D eigenvalue weighted by molar-refractivity contribution is 5.98. The number of rotatable bonds is 6. The van der Waals surface area contributed by atoms with Crippen molar-refractivity contribution in [2.24, 2.45) is 0 Å². The van der Waals surface area contributed by atoms with E-state index in [0.29, 0.717) is 11.3 Å². The molecule has 26 heavy (non-hydrogen) atoms. The van der Waals surface area contributed by atoms with Crippen LogP contribution in [0.3, 0.4) is 0 Å². The fraction of sp³-hybridized carbons (Fsp3) is 0.100. The number of nitro groups is 1. The molecule has 0 unspecified atom stereocenters. The average Bonchev–Trinajstić information content (AvgIpc) is 2.65. The minimum Gasteiger partial charge on any atom is -0.354 e. The first-order valence-corrected chi connectivity index (χ1v) is 8.08. The molecule has 0 saturated carbocycles. The molecular formula is C20H17N3O3. The normalized spacial score (nSPS) is 10.3. The molecule has 0 bridgehead atoms. The SMILES string of the molecule is Cc1ccc(Nc2cccnc2CC(=O)c2ccc([N+](=O)[O-])cc2)cc1. The molecule has 0 amide bonds. The Morgan fingerprint density at radius 1 is 1.08 bits per heavy atom. The molecule has 0 spiro atoms. The summed E-state index contributed by atoms with van der Waals surface area (Å²) in [6.45, 7) is 2.02. The zero-order chi connectivity index (χ0) is 18.5. The van der Waals surface area contributed by atoms with Gasteiger partial charge in [0.2, 0.25) is 0 Å². The molecule has 0 aliphatic heterocycles. The third-order valence-electron chi connectivity index (χ3n) is 3.95. The Bertz CT molecular complexity index is 935. The molecule has 0 atom stereocenters. The third-order valence-corrected chi connectivity index (χ3v) is 3.95. The van der Waals surface area contributed by atoms with Crippen molar-refractivity contribution in [2.75, 3.05) is 5.32 Å². The molecule has 0 fully saturated rings. The van der Waals surface area contributed by atoms with Gasteiger partial charge in [0.25, 0.3) is 5.69 Å². The van der Waals surface area contributed by atoms with Gasteiger partial charge >= 0.3 is 0 Å². The Hall–Kier alpha value is -3.54. The fourth-order valence-corrected chi connectivity index (χ4v) is 2.51. The molecule has 2 aromatic carbocycles. The number of carbonyl (C=O) groups excluding carboxylic acids is 1. The number of nitrogens with one attached hydrogen (secondary N) is 1. The Balaban J connectivity index is 1.78. The van der Waals surface area contributed by atoms with E-state index in [0.717, 1.165) is 16.9 Å². The summed E-state index contributed by atoms with van der Waals surface area (Å²) >= 11 is 0. The largest absolute Gasteiger partial charge is 0.354 e. The number of carbonyl (C=O) groups is 1. The second kappa shape index (κ2) is 7.57. The first kappa shape index (κ1) is 17.3. The van der Waals surface area contributed by atoms with Crippen molar-refractivity contribution >= 4 is 22.8 Å². The van der Waals surface area contributed by atoms with E-state index in [9.17, 15) is 14.9 Å². The van der Waals surface area contributed by atoms with Crippen molar-refractivity contribution in [2.45, 2.75) is 13.3 Å². The first-order valence-electron chi connectivity index (χ1n) is 8.08. The number of anilines is 2. The van der Waals surface area contributed by atoms with E-state index in [4.69, 9.17) is 0 Å². The van der Waals surface area contributed by atoms with E-state index in [2.05, 4.69) is 10.3 Å². The third kappa shape index (κ3) is 4.10. The lowest BCUT2D eigenvalue weighted by molar-refractivity contribution is -0.384. The zero-order valence-corrected chi connectivity index (χ0v) is 14.2. The van der Waals surface area contributed by atoms with E-state index >= 15 is 0 Å². The van der Waals surface area contributed by atoms with Gasteiger partial charge in [0, 0.05) is 29.6 Å². The summed E-state index contributed by atoms with van der Waals surface area (Å²) in [6, 6.07) is 17.2. The number of hydrogen-bond acceptors (Lipinski definition) is 5. The van der Waals surface area contributed by atoms with Gasteiger partial charge in [0.1, 0.15) is 0 Å². The highest BCUT2D eigenvalue weighted by Gasteiger charge is 2.13. The number of Topliss-reactive ketones (excluding diaryl/α,β-unsaturated/α-hetero) is 1. The van der Waals surface area contributed by atoms with Crippen LogP contribution in [0.15, 0.2) is 66.9 Å². The molecule has 1 N–H and O–H groups in total. The standard InChI is InChI=1S/C20H17N3O3/c1-14-4-8-16(9-5-14)22-18-3-2-12-21-19(18)13-20(24)15-6-10-17(11-7-15)23(25)26/h2-12,22H,13H2,1H3. The summed E-state index contributed by atoms with van der Waals surface area (Å²) in [5.41, 5.74) is 3.83. The van der Waals surface area contributed by atoms with Gasteiger partial charge in [-0.25, -0.2) is 0 Å². The van der Waals surface area contributed by atoms with Crippen LogP contribution >= 0.6 is 0 Å². The second-order valence-electron chi connectivity index (χ2n) is 5.89. The monoisotopic (exact) mass is 347 g/mol. The molecule has 0 aliphatic rings. The molecule has 6 heteroatoms. The Labute approximate surface area is 150 Å². The van der Waals surface area contributed by atoms with Crippen LogP contribution in [-0.4, -0.2) is 15.7 Å². The lowest BCUT2D eigenvalue weighted by Gasteiger charge is -2.11. The van der Waals surface area contributed by atoms with Crippen LogP contribution in [0.5, 0.6) is 0 Å². The van der Waals surface area contributed by atoms with Crippen LogP contribution in [0.1, 0.15) is 21.6 Å². The van der Waals surface area contributed by atoms with Gasteiger partial charge in [-0.2, -0.15) is 0 Å². The molecule has 3 rings (SSSR count). The molecule has 6 nitrogen and oxygen atoms in total. The highest BCUT2D eigenvalue weighted by Crippen LogP contribution is 2.21.